The summed E-state index contributed by atoms with van der Waals surface area (Å²) >= 11 is 1.81. The minimum absolute atomic E-state index is 0.206. The third kappa shape index (κ3) is 13.9. The minimum Gasteiger partial charge on any atom is -0.288 e. The van der Waals surface area contributed by atoms with Crippen LogP contribution in [-0.4, -0.2) is 58.3 Å². The van der Waals surface area contributed by atoms with Crippen molar-refractivity contribution in [1.29, 1.82) is 0 Å². The number of rotatable bonds is 0. The molecule has 380 valence electrons. The van der Waals surface area contributed by atoms with E-state index in [0.717, 1.165) is 88.7 Å². The van der Waals surface area contributed by atoms with Crippen molar-refractivity contribution >= 4 is 68.7 Å². The Balaban J connectivity index is 0.000000117. The van der Waals surface area contributed by atoms with Gasteiger partial charge in [0.25, 0.3) is 0 Å². The molecule has 14 rings (SSSR count). The van der Waals surface area contributed by atoms with Gasteiger partial charge in [0, 0.05) is 53.8 Å². The van der Waals surface area contributed by atoms with E-state index >= 15 is 0 Å². The molecule has 14 heteroatoms. The molecule has 5 aromatic heterocycles. The van der Waals surface area contributed by atoms with Gasteiger partial charge >= 0.3 is 0 Å². The zero-order valence-electron chi connectivity index (χ0n) is 45.0. The lowest BCUT2D eigenvalue weighted by Crippen LogP contribution is -2.07. The first-order valence-electron chi connectivity index (χ1n) is 25.2. The van der Waals surface area contributed by atoms with Crippen LogP contribution in [0.3, 0.4) is 0 Å². The predicted molar refractivity (Wildman–Crippen MR) is 309 cm³/mol. The van der Waals surface area contributed by atoms with Crippen molar-refractivity contribution in [3.8, 4) is 0 Å². The number of hydrogen-bond donors (Lipinski definition) is 0. The van der Waals surface area contributed by atoms with Gasteiger partial charge in [-0.15, -0.1) is 11.3 Å². The standard InChI is InChI=1S/C11H14N2S.C10H10.2C9H9N.C8H8N2.C7H8N4.C7H7N3/c1-7-10-8(13-6-12-7)5-9(14-10)11(2,3)4;1-8-5-6-9-3-2-4-10(9)7-8;1-7-2-3-8-5-10-6-9(8)4-7;1-7-2-3-8-4-5-10-9(8)6-7;1-6-2-3-7-5-9-10-8(7)4-6;1-5-6-3-10-11(2)7(6)9-4-8-5;1-5-6-2-8-3-7(6)10-4-9-5/h5-6H,1-4H3;2-3,5-7H,4H2,1H3;2-4,6H,5H2,1H3;2-3,5-6H,4H2,1H3;2-4H,5H2,1H3;3-4H,1-2H3;2,4H,3H2,1H3. The maximum atomic E-state index is 4.28. The molecule has 0 bridgehead atoms. The van der Waals surface area contributed by atoms with E-state index in [4.69, 9.17) is 0 Å². The molecule has 0 saturated carbocycles. The number of aryl methyl sites for hydroxylation is 8. The Labute approximate surface area is 444 Å². The van der Waals surface area contributed by atoms with Crippen LogP contribution in [0.25, 0.3) is 27.3 Å². The van der Waals surface area contributed by atoms with Crippen molar-refractivity contribution in [2.45, 2.75) is 107 Å². The molecule has 75 heavy (non-hydrogen) atoms. The van der Waals surface area contributed by atoms with Gasteiger partial charge in [-0.05, 0) is 117 Å². The van der Waals surface area contributed by atoms with Crippen molar-refractivity contribution in [2.75, 3.05) is 0 Å². The van der Waals surface area contributed by atoms with Gasteiger partial charge in [0.2, 0.25) is 0 Å². The number of benzene rings is 4. The average Bonchev–Trinajstić information content (AvgIpc) is 4.25. The van der Waals surface area contributed by atoms with Crippen LogP contribution in [0.5, 0.6) is 0 Å². The molecule has 0 fully saturated rings. The number of thiophene rings is 1. The summed E-state index contributed by atoms with van der Waals surface area (Å²) in [7, 11) is 1.87. The normalized spacial score (nSPS) is 13.0. The fourth-order valence-corrected chi connectivity index (χ4v) is 9.49. The monoisotopic (exact) mass is 1010 g/mol. The summed E-state index contributed by atoms with van der Waals surface area (Å²) in [4.78, 5) is 38.6. The van der Waals surface area contributed by atoms with Crippen LogP contribution in [0, 0.1) is 48.5 Å². The number of nitrogens with zero attached hydrogens (tertiary/aromatic N) is 13. The minimum atomic E-state index is 0.206. The fraction of sp³-hybridized carbons (Fsp3) is 0.279. The Morgan fingerprint density at radius 2 is 1.23 bits per heavy atom. The predicted octanol–water partition coefficient (Wildman–Crippen LogP) is 14.0. The highest BCUT2D eigenvalue weighted by Crippen LogP contribution is 2.34. The first-order valence-corrected chi connectivity index (χ1v) is 26.0. The number of azo groups is 1. The van der Waals surface area contributed by atoms with Gasteiger partial charge in [0.1, 0.15) is 19.0 Å². The van der Waals surface area contributed by atoms with Crippen molar-refractivity contribution in [1.82, 2.24) is 39.7 Å². The second-order valence-electron chi connectivity index (χ2n) is 19.9. The molecular formula is C61H65N13S. The van der Waals surface area contributed by atoms with Gasteiger partial charge in [-0.25, -0.2) is 29.9 Å². The lowest BCUT2D eigenvalue weighted by Gasteiger charge is -2.14. The molecule has 0 spiro atoms. The average molecular weight is 1010 g/mol. The van der Waals surface area contributed by atoms with Gasteiger partial charge in [-0.3, -0.25) is 19.7 Å². The van der Waals surface area contributed by atoms with Gasteiger partial charge in [-0.1, -0.05) is 105 Å². The molecule has 0 radical (unpaired) electrons. The second-order valence-corrected chi connectivity index (χ2v) is 21.0. The Kier molecular flexibility index (Phi) is 17.2. The molecule has 4 aromatic carbocycles. The van der Waals surface area contributed by atoms with Crippen molar-refractivity contribution in [2.24, 2.45) is 32.3 Å². The summed E-state index contributed by atoms with van der Waals surface area (Å²) in [5.74, 6) is 0. The Morgan fingerprint density at radius 1 is 0.560 bits per heavy atom. The molecule has 0 saturated heterocycles. The number of allylic oxidation sites excluding steroid dienone is 1. The SMILES string of the molecule is Cc1ccc2c(c1)C=NC2.Cc1ccc2c(c1)CC=C2.Cc1ccc2c(c1)N=CC2.Cc1ccc2c(c1)N=NC2.Cc1ncnc2c1C=NC2.Cc1ncnc2c1cnn2C.Cc1ncnc2cc(C(C)(C)C)sc12. The van der Waals surface area contributed by atoms with Crippen LogP contribution in [0.1, 0.15) is 110 Å². The van der Waals surface area contributed by atoms with Crippen LogP contribution in [0.4, 0.5) is 11.4 Å². The zero-order valence-corrected chi connectivity index (χ0v) is 45.8. The van der Waals surface area contributed by atoms with E-state index in [1.807, 2.05) is 46.5 Å². The molecular weight excluding hydrogens is 947 g/mol. The third-order valence-corrected chi connectivity index (χ3v) is 14.4. The van der Waals surface area contributed by atoms with Gasteiger partial charge in [0.05, 0.1) is 69.9 Å². The molecule has 0 unspecified atom stereocenters. The number of hydrogen-bond acceptors (Lipinski definition) is 13. The van der Waals surface area contributed by atoms with E-state index in [1.54, 1.807) is 41.2 Å². The highest BCUT2D eigenvalue weighted by molar-refractivity contribution is 7.19. The molecule has 0 amide bonds. The quantitative estimate of drug-likeness (QED) is 0.146. The Bertz CT molecular complexity index is 3480. The van der Waals surface area contributed by atoms with Crippen LogP contribution in [0.2, 0.25) is 0 Å². The van der Waals surface area contributed by atoms with Gasteiger partial charge in [-0.2, -0.15) is 15.3 Å². The smallest absolute Gasteiger partial charge is 0.161 e. The van der Waals surface area contributed by atoms with E-state index in [1.165, 1.54) is 65.2 Å². The van der Waals surface area contributed by atoms with Crippen molar-refractivity contribution in [3.05, 3.63) is 199 Å². The number of aliphatic imine (C=N–C) groups is 3. The van der Waals surface area contributed by atoms with Crippen LogP contribution in [0.15, 0.2) is 135 Å². The number of fused-ring (bicyclic) bond motifs is 7. The molecule has 1 aliphatic carbocycles. The number of aromatic nitrogens is 8. The van der Waals surface area contributed by atoms with Crippen molar-refractivity contribution < 1.29 is 0 Å². The summed E-state index contributed by atoms with van der Waals surface area (Å²) in [5.41, 5.74) is 22.9. The topological polar surface area (TPSA) is 157 Å². The van der Waals surface area contributed by atoms with Crippen LogP contribution < -0.4 is 0 Å². The van der Waals surface area contributed by atoms with E-state index < -0.39 is 0 Å². The Hall–Kier alpha value is -8.10. The summed E-state index contributed by atoms with van der Waals surface area (Å²) in [6.45, 7) is 23.4. The summed E-state index contributed by atoms with van der Waals surface area (Å²) in [6.07, 6.45) is 18.8. The third-order valence-electron chi connectivity index (χ3n) is 12.8. The first-order chi connectivity index (χ1) is 36.1. The molecule has 9 aromatic rings. The first kappa shape index (κ1) is 53.2. The largest absolute Gasteiger partial charge is 0.288 e. The fourth-order valence-electron chi connectivity index (χ4n) is 8.38. The second kappa shape index (κ2) is 24.3. The Morgan fingerprint density at radius 3 is 1.99 bits per heavy atom. The van der Waals surface area contributed by atoms with Crippen LogP contribution >= 0.6 is 11.3 Å². The molecule has 13 nitrogen and oxygen atoms in total. The molecule has 0 atom stereocenters. The lowest BCUT2D eigenvalue weighted by atomic mass is 9.95. The lowest BCUT2D eigenvalue weighted by molar-refractivity contribution is 0.604. The van der Waals surface area contributed by atoms with E-state index in [9.17, 15) is 0 Å². The van der Waals surface area contributed by atoms with Gasteiger partial charge in [0.15, 0.2) is 5.65 Å². The summed E-state index contributed by atoms with van der Waals surface area (Å²) in [5, 5.41) is 13.0. The van der Waals surface area contributed by atoms with Crippen LogP contribution in [-0.2, 0) is 44.9 Å². The maximum Gasteiger partial charge on any atom is 0.161 e. The summed E-state index contributed by atoms with van der Waals surface area (Å²) in [6, 6.07) is 27.9. The molecule has 5 aliphatic rings. The molecule has 9 heterocycles. The van der Waals surface area contributed by atoms with E-state index in [2.05, 4.69) is 200 Å². The van der Waals surface area contributed by atoms with Crippen molar-refractivity contribution in [3.63, 3.8) is 0 Å². The molecule has 0 N–H and O–H groups in total. The maximum absolute atomic E-state index is 4.28. The van der Waals surface area contributed by atoms with E-state index in [-0.39, 0.29) is 5.41 Å². The molecule has 4 aliphatic heterocycles. The summed E-state index contributed by atoms with van der Waals surface area (Å²) < 4.78 is 2.96. The highest BCUT2D eigenvalue weighted by atomic mass is 32.1. The highest BCUT2D eigenvalue weighted by Gasteiger charge is 2.18. The zero-order chi connectivity index (χ0) is 53.1. The van der Waals surface area contributed by atoms with E-state index in [0.29, 0.717) is 0 Å². The van der Waals surface area contributed by atoms with Gasteiger partial charge < -0.3 is 0 Å².